The van der Waals surface area contributed by atoms with E-state index in [2.05, 4.69) is 27.7 Å². The van der Waals surface area contributed by atoms with Gasteiger partial charge in [-0.25, -0.2) is 0 Å². The number of fused-ring (bicyclic) bond motifs is 1. The highest BCUT2D eigenvalue weighted by molar-refractivity contribution is 5.78. The molecule has 3 rings (SSSR count). The minimum absolute atomic E-state index is 0.145. The van der Waals surface area contributed by atoms with E-state index in [1.54, 1.807) is 0 Å². The molecule has 1 amide bonds. The molecular weight excluding hydrogens is 266 g/mol. The van der Waals surface area contributed by atoms with Gasteiger partial charge in [0.1, 0.15) is 0 Å². The first-order chi connectivity index (χ1) is 10.3. The Morgan fingerprint density at radius 2 is 2.14 bits per heavy atom. The van der Waals surface area contributed by atoms with Crippen LogP contribution in [0.25, 0.3) is 0 Å². The Morgan fingerprint density at radius 3 is 3.00 bits per heavy atom. The lowest BCUT2D eigenvalue weighted by Gasteiger charge is -2.26. The van der Waals surface area contributed by atoms with Gasteiger partial charge in [-0.15, -0.1) is 0 Å². The minimum Gasteiger partial charge on any atom is -0.384 e. The molecule has 2 heterocycles. The summed E-state index contributed by atoms with van der Waals surface area (Å²) in [7, 11) is 0. The lowest BCUT2D eigenvalue weighted by Crippen LogP contribution is -2.41. The average molecular weight is 289 g/mol. The molecule has 1 fully saturated rings. The Hall–Kier alpha value is -1.59. The van der Waals surface area contributed by atoms with Gasteiger partial charge in [0.2, 0.25) is 5.91 Å². The van der Waals surface area contributed by atoms with Gasteiger partial charge in [0, 0.05) is 50.7 Å². The van der Waals surface area contributed by atoms with Gasteiger partial charge in [-0.05, 0) is 11.6 Å². The lowest BCUT2D eigenvalue weighted by atomic mass is 9.97. The van der Waals surface area contributed by atoms with Crippen LogP contribution < -0.4 is 10.6 Å². The van der Waals surface area contributed by atoms with Crippen molar-refractivity contribution in [1.82, 2.24) is 10.2 Å². The van der Waals surface area contributed by atoms with Crippen LogP contribution in [0.15, 0.2) is 24.3 Å². The molecule has 0 radical (unpaired) electrons. The SMILES string of the molecule is O=C(CC1CNc2ccccc21)NCCN1CCOCC1. The molecule has 0 aliphatic carbocycles. The second-order valence-corrected chi connectivity index (χ2v) is 5.67. The third-order valence-corrected chi connectivity index (χ3v) is 4.23. The molecule has 0 aromatic heterocycles. The monoisotopic (exact) mass is 289 g/mol. The van der Waals surface area contributed by atoms with Crippen LogP contribution >= 0.6 is 0 Å². The zero-order valence-corrected chi connectivity index (χ0v) is 12.3. The number of rotatable bonds is 5. The lowest BCUT2D eigenvalue weighted by molar-refractivity contribution is -0.121. The highest BCUT2D eigenvalue weighted by Gasteiger charge is 2.23. The predicted octanol–water partition coefficient (Wildman–Crippen LogP) is 1.03. The predicted molar refractivity (Wildman–Crippen MR) is 82.6 cm³/mol. The summed E-state index contributed by atoms with van der Waals surface area (Å²) in [5.41, 5.74) is 2.43. The topological polar surface area (TPSA) is 53.6 Å². The van der Waals surface area contributed by atoms with Crippen molar-refractivity contribution < 1.29 is 9.53 Å². The number of hydrogen-bond donors (Lipinski definition) is 2. The molecule has 2 aliphatic heterocycles. The molecule has 5 heteroatoms. The third kappa shape index (κ3) is 3.74. The van der Waals surface area contributed by atoms with Crippen molar-refractivity contribution in [2.75, 3.05) is 51.3 Å². The number of nitrogens with one attached hydrogen (secondary N) is 2. The Balaban J connectivity index is 1.40. The van der Waals surface area contributed by atoms with Crippen molar-refractivity contribution in [2.45, 2.75) is 12.3 Å². The van der Waals surface area contributed by atoms with E-state index in [-0.39, 0.29) is 5.91 Å². The second-order valence-electron chi connectivity index (χ2n) is 5.67. The van der Waals surface area contributed by atoms with Crippen molar-refractivity contribution >= 4 is 11.6 Å². The van der Waals surface area contributed by atoms with Crippen molar-refractivity contribution in [3.8, 4) is 0 Å². The largest absolute Gasteiger partial charge is 0.384 e. The molecule has 0 saturated carbocycles. The fraction of sp³-hybridized carbons (Fsp3) is 0.562. The molecule has 0 bridgehead atoms. The highest BCUT2D eigenvalue weighted by atomic mass is 16.5. The number of carbonyl (C=O) groups excluding carboxylic acids is 1. The maximum atomic E-state index is 12.1. The quantitative estimate of drug-likeness (QED) is 0.850. The molecule has 1 saturated heterocycles. The zero-order chi connectivity index (χ0) is 14.5. The van der Waals surface area contributed by atoms with Crippen LogP contribution in [-0.4, -0.2) is 56.7 Å². The first kappa shape index (κ1) is 14.4. The van der Waals surface area contributed by atoms with Gasteiger partial charge in [0.25, 0.3) is 0 Å². The minimum atomic E-state index is 0.145. The second kappa shape index (κ2) is 6.91. The molecule has 5 nitrogen and oxygen atoms in total. The molecule has 2 N–H and O–H groups in total. The number of ether oxygens (including phenoxy) is 1. The van der Waals surface area contributed by atoms with E-state index in [1.807, 2.05) is 12.1 Å². The van der Waals surface area contributed by atoms with E-state index in [0.717, 1.165) is 45.9 Å². The summed E-state index contributed by atoms with van der Waals surface area (Å²) in [6.45, 7) is 6.04. The molecule has 1 aromatic carbocycles. The smallest absolute Gasteiger partial charge is 0.220 e. The van der Waals surface area contributed by atoms with E-state index >= 15 is 0 Å². The van der Waals surface area contributed by atoms with Crippen LogP contribution in [0.1, 0.15) is 17.9 Å². The fourth-order valence-corrected chi connectivity index (χ4v) is 3.01. The molecule has 2 aliphatic rings. The van der Waals surface area contributed by atoms with Crippen LogP contribution in [0.2, 0.25) is 0 Å². The highest BCUT2D eigenvalue weighted by Crippen LogP contribution is 2.32. The molecule has 1 aromatic rings. The van der Waals surface area contributed by atoms with Crippen molar-refractivity contribution in [3.63, 3.8) is 0 Å². The van der Waals surface area contributed by atoms with Gasteiger partial charge in [0.05, 0.1) is 13.2 Å². The Labute approximate surface area is 125 Å². The number of nitrogens with zero attached hydrogens (tertiary/aromatic N) is 1. The van der Waals surface area contributed by atoms with Crippen molar-refractivity contribution in [3.05, 3.63) is 29.8 Å². The van der Waals surface area contributed by atoms with Crippen LogP contribution in [0.4, 0.5) is 5.69 Å². The van der Waals surface area contributed by atoms with E-state index in [9.17, 15) is 4.79 Å². The van der Waals surface area contributed by atoms with Gasteiger partial charge in [-0.2, -0.15) is 0 Å². The molecule has 21 heavy (non-hydrogen) atoms. The number of benzene rings is 1. The van der Waals surface area contributed by atoms with E-state index in [4.69, 9.17) is 4.74 Å². The maximum Gasteiger partial charge on any atom is 0.220 e. The standard InChI is InChI=1S/C16H23N3O2/c20-16(17-5-6-19-7-9-21-10-8-19)11-13-12-18-15-4-2-1-3-14(13)15/h1-4,13,18H,5-12H2,(H,17,20). The Bertz CT molecular complexity index is 486. The number of hydrogen-bond acceptors (Lipinski definition) is 4. The zero-order valence-electron chi connectivity index (χ0n) is 12.3. The summed E-state index contributed by atoms with van der Waals surface area (Å²) in [6.07, 6.45) is 0.563. The van der Waals surface area contributed by atoms with E-state index in [1.165, 1.54) is 11.3 Å². The summed E-state index contributed by atoms with van der Waals surface area (Å²) >= 11 is 0. The number of anilines is 1. The Kier molecular flexibility index (Phi) is 4.72. The normalized spacial score (nSPS) is 21.6. The van der Waals surface area contributed by atoms with Crippen molar-refractivity contribution in [2.24, 2.45) is 0 Å². The van der Waals surface area contributed by atoms with Gasteiger partial charge in [-0.1, -0.05) is 18.2 Å². The molecular formula is C16H23N3O2. The van der Waals surface area contributed by atoms with E-state index < -0.39 is 0 Å². The number of para-hydroxylation sites is 1. The maximum absolute atomic E-state index is 12.1. The molecule has 1 unspecified atom stereocenters. The molecule has 114 valence electrons. The van der Waals surface area contributed by atoms with E-state index in [0.29, 0.717) is 12.3 Å². The first-order valence-electron chi connectivity index (χ1n) is 7.72. The van der Waals surface area contributed by atoms with Gasteiger partial charge in [0.15, 0.2) is 0 Å². The van der Waals surface area contributed by atoms with Crippen LogP contribution in [0.5, 0.6) is 0 Å². The molecule has 0 spiro atoms. The summed E-state index contributed by atoms with van der Waals surface area (Å²) in [5, 5.41) is 6.40. The summed E-state index contributed by atoms with van der Waals surface area (Å²) in [6, 6.07) is 8.25. The van der Waals surface area contributed by atoms with Gasteiger partial charge in [-0.3, -0.25) is 9.69 Å². The molecule has 1 atom stereocenters. The van der Waals surface area contributed by atoms with Gasteiger partial charge >= 0.3 is 0 Å². The fourth-order valence-electron chi connectivity index (χ4n) is 3.01. The third-order valence-electron chi connectivity index (χ3n) is 4.23. The summed E-state index contributed by atoms with van der Waals surface area (Å²) in [5.74, 6) is 0.441. The first-order valence-corrected chi connectivity index (χ1v) is 7.72. The van der Waals surface area contributed by atoms with Crippen molar-refractivity contribution in [1.29, 1.82) is 0 Å². The average Bonchev–Trinajstić information content (AvgIpc) is 2.92. The van der Waals surface area contributed by atoms with Crippen LogP contribution in [0.3, 0.4) is 0 Å². The number of morpholine rings is 1. The Morgan fingerprint density at radius 1 is 1.33 bits per heavy atom. The summed E-state index contributed by atoms with van der Waals surface area (Å²) < 4.78 is 5.31. The summed E-state index contributed by atoms with van der Waals surface area (Å²) in [4.78, 5) is 14.4. The number of carbonyl (C=O) groups is 1. The van der Waals surface area contributed by atoms with Gasteiger partial charge < -0.3 is 15.4 Å². The van der Waals surface area contributed by atoms with Crippen LogP contribution in [-0.2, 0) is 9.53 Å². The number of amides is 1. The van der Waals surface area contributed by atoms with Crippen LogP contribution in [0, 0.1) is 0 Å².